The van der Waals surface area contributed by atoms with Gasteiger partial charge in [-0.25, -0.2) is 4.98 Å². The highest BCUT2D eigenvalue weighted by molar-refractivity contribution is 7.80. The highest BCUT2D eigenvalue weighted by Gasteiger charge is 2.10. The zero-order chi connectivity index (χ0) is 13.8. The van der Waals surface area contributed by atoms with Crippen molar-refractivity contribution in [1.29, 1.82) is 0 Å². The van der Waals surface area contributed by atoms with Crippen LogP contribution in [-0.4, -0.2) is 26.7 Å². The molecule has 0 aliphatic carbocycles. The summed E-state index contributed by atoms with van der Waals surface area (Å²) in [4.78, 5) is 8.72. The van der Waals surface area contributed by atoms with Gasteiger partial charge in [0, 0.05) is 19.2 Å². The normalized spacial score (nSPS) is 10.4. The van der Waals surface area contributed by atoms with Crippen molar-refractivity contribution in [2.24, 2.45) is 5.73 Å². The Morgan fingerprint density at radius 3 is 2.89 bits per heavy atom. The minimum Gasteiger partial charge on any atom is -0.389 e. The highest BCUT2D eigenvalue weighted by atomic mass is 32.1. The summed E-state index contributed by atoms with van der Waals surface area (Å²) in [5, 5.41) is 6.92. The van der Waals surface area contributed by atoms with Crippen molar-refractivity contribution in [3.05, 3.63) is 35.1 Å². The molecule has 0 saturated carbocycles. The standard InChI is InChI=1S/C12H15N5OS/c1-7-3-5-14-12(10(7)11(13)19)15-6-4-9-16-8(2)17-18-9/h3,5H,4,6H2,1-2H3,(H2,13,19)(H,14,15). The first-order chi connectivity index (χ1) is 9.08. The summed E-state index contributed by atoms with van der Waals surface area (Å²) in [5.41, 5.74) is 7.49. The molecule has 2 aromatic heterocycles. The molecular weight excluding hydrogens is 262 g/mol. The van der Waals surface area contributed by atoms with Crippen molar-refractivity contribution >= 4 is 23.0 Å². The number of pyridine rings is 1. The van der Waals surface area contributed by atoms with E-state index in [1.165, 1.54) is 0 Å². The van der Waals surface area contributed by atoms with Crippen molar-refractivity contribution in [1.82, 2.24) is 15.1 Å². The first-order valence-corrected chi connectivity index (χ1v) is 6.27. The molecule has 0 unspecified atom stereocenters. The van der Waals surface area contributed by atoms with Crippen LogP contribution >= 0.6 is 12.2 Å². The minimum absolute atomic E-state index is 0.335. The third kappa shape index (κ3) is 3.25. The second kappa shape index (κ2) is 5.75. The maximum absolute atomic E-state index is 5.71. The maximum atomic E-state index is 5.71. The number of aryl methyl sites for hydroxylation is 2. The molecule has 0 radical (unpaired) electrons. The quantitative estimate of drug-likeness (QED) is 0.798. The fourth-order valence-electron chi connectivity index (χ4n) is 1.73. The lowest BCUT2D eigenvalue weighted by atomic mass is 10.1. The molecule has 6 nitrogen and oxygen atoms in total. The third-order valence-electron chi connectivity index (χ3n) is 2.61. The molecule has 2 rings (SSSR count). The van der Waals surface area contributed by atoms with Crippen LogP contribution in [0.1, 0.15) is 22.8 Å². The molecule has 0 aromatic carbocycles. The number of thiocarbonyl (C=S) groups is 1. The number of rotatable bonds is 5. The minimum atomic E-state index is 0.335. The van der Waals surface area contributed by atoms with Gasteiger partial charge in [0.05, 0.1) is 5.56 Å². The highest BCUT2D eigenvalue weighted by Crippen LogP contribution is 2.16. The molecule has 100 valence electrons. The van der Waals surface area contributed by atoms with Gasteiger partial charge in [-0.15, -0.1) is 0 Å². The third-order valence-corrected chi connectivity index (χ3v) is 2.81. The van der Waals surface area contributed by atoms with Crippen molar-refractivity contribution in [3.8, 4) is 0 Å². The smallest absolute Gasteiger partial charge is 0.228 e. The maximum Gasteiger partial charge on any atom is 0.228 e. The van der Waals surface area contributed by atoms with E-state index in [1.54, 1.807) is 13.1 Å². The number of nitrogens with zero attached hydrogens (tertiary/aromatic N) is 3. The van der Waals surface area contributed by atoms with E-state index in [1.807, 2.05) is 13.0 Å². The van der Waals surface area contributed by atoms with Crippen LogP contribution in [0, 0.1) is 13.8 Å². The molecule has 0 aliphatic rings. The van der Waals surface area contributed by atoms with Gasteiger partial charge in [-0.1, -0.05) is 17.4 Å². The molecule has 2 heterocycles. The average molecular weight is 277 g/mol. The molecule has 0 fully saturated rings. The zero-order valence-electron chi connectivity index (χ0n) is 10.8. The molecule has 19 heavy (non-hydrogen) atoms. The fraction of sp³-hybridized carbons (Fsp3) is 0.333. The molecular formula is C12H15N5OS. The number of aromatic nitrogens is 3. The Labute approximate surface area is 116 Å². The Kier molecular flexibility index (Phi) is 4.06. The Balaban J connectivity index is 2.03. The first kappa shape index (κ1) is 13.4. The predicted molar refractivity (Wildman–Crippen MR) is 76.1 cm³/mol. The lowest BCUT2D eigenvalue weighted by Crippen LogP contribution is -2.17. The number of nitrogens with two attached hydrogens (primary N) is 1. The van der Waals surface area contributed by atoms with E-state index in [9.17, 15) is 0 Å². The molecule has 0 aliphatic heterocycles. The average Bonchev–Trinajstić information content (AvgIpc) is 2.74. The van der Waals surface area contributed by atoms with Crippen molar-refractivity contribution in [2.75, 3.05) is 11.9 Å². The first-order valence-electron chi connectivity index (χ1n) is 5.86. The van der Waals surface area contributed by atoms with Crippen LogP contribution in [0.5, 0.6) is 0 Å². The Hall–Kier alpha value is -2.02. The van der Waals surface area contributed by atoms with Gasteiger partial charge >= 0.3 is 0 Å². The summed E-state index contributed by atoms with van der Waals surface area (Å²) in [6.45, 7) is 4.35. The Bertz CT molecular complexity index is 596. The number of hydrogen-bond donors (Lipinski definition) is 2. The van der Waals surface area contributed by atoms with E-state index >= 15 is 0 Å². The summed E-state index contributed by atoms with van der Waals surface area (Å²) in [6.07, 6.45) is 2.34. The lowest BCUT2D eigenvalue weighted by Gasteiger charge is -2.11. The van der Waals surface area contributed by atoms with Gasteiger partial charge in [0.2, 0.25) is 5.89 Å². The van der Waals surface area contributed by atoms with Gasteiger partial charge in [-0.05, 0) is 25.5 Å². The van der Waals surface area contributed by atoms with Crippen molar-refractivity contribution in [3.63, 3.8) is 0 Å². The molecule has 7 heteroatoms. The van der Waals surface area contributed by atoms with Crippen LogP contribution in [0.4, 0.5) is 5.82 Å². The SMILES string of the molecule is Cc1noc(CCNc2nccc(C)c2C(N)=S)n1. The lowest BCUT2D eigenvalue weighted by molar-refractivity contribution is 0.377. The Morgan fingerprint density at radius 1 is 1.47 bits per heavy atom. The van der Waals surface area contributed by atoms with E-state index < -0.39 is 0 Å². The number of nitrogens with one attached hydrogen (secondary N) is 1. The van der Waals surface area contributed by atoms with Crippen LogP contribution in [0.25, 0.3) is 0 Å². The topological polar surface area (TPSA) is 89.9 Å². The fourth-order valence-corrected chi connectivity index (χ4v) is 1.99. The van der Waals surface area contributed by atoms with Gasteiger partial charge in [-0.2, -0.15) is 4.98 Å². The molecule has 0 spiro atoms. The van der Waals surface area contributed by atoms with Crippen LogP contribution in [0.2, 0.25) is 0 Å². The summed E-state index contributed by atoms with van der Waals surface area (Å²) < 4.78 is 5.03. The van der Waals surface area contributed by atoms with Gasteiger partial charge in [0.1, 0.15) is 10.8 Å². The van der Waals surface area contributed by atoms with Gasteiger partial charge < -0.3 is 15.6 Å². The van der Waals surface area contributed by atoms with E-state index in [4.69, 9.17) is 22.5 Å². The van der Waals surface area contributed by atoms with Crippen LogP contribution in [-0.2, 0) is 6.42 Å². The molecule has 0 saturated heterocycles. The number of hydrogen-bond acceptors (Lipinski definition) is 6. The van der Waals surface area contributed by atoms with E-state index in [-0.39, 0.29) is 0 Å². The summed E-state index contributed by atoms with van der Waals surface area (Å²) in [6, 6.07) is 1.88. The van der Waals surface area contributed by atoms with Gasteiger partial charge in [0.15, 0.2) is 5.82 Å². The van der Waals surface area contributed by atoms with Crippen molar-refractivity contribution < 1.29 is 4.52 Å². The summed E-state index contributed by atoms with van der Waals surface area (Å²) in [7, 11) is 0. The second-order valence-corrected chi connectivity index (χ2v) is 4.57. The van der Waals surface area contributed by atoms with Gasteiger partial charge in [-0.3, -0.25) is 0 Å². The van der Waals surface area contributed by atoms with E-state index in [0.717, 1.165) is 11.1 Å². The molecule has 0 bridgehead atoms. The second-order valence-electron chi connectivity index (χ2n) is 4.13. The molecule has 2 aromatic rings. The monoisotopic (exact) mass is 277 g/mol. The predicted octanol–water partition coefficient (Wildman–Crippen LogP) is 1.37. The van der Waals surface area contributed by atoms with Crippen LogP contribution < -0.4 is 11.1 Å². The zero-order valence-corrected chi connectivity index (χ0v) is 11.6. The van der Waals surface area contributed by atoms with E-state index in [0.29, 0.717) is 35.5 Å². The largest absolute Gasteiger partial charge is 0.389 e. The van der Waals surface area contributed by atoms with Crippen molar-refractivity contribution in [2.45, 2.75) is 20.3 Å². The molecule has 0 amide bonds. The summed E-state index contributed by atoms with van der Waals surface area (Å²) >= 11 is 5.04. The van der Waals surface area contributed by atoms with Gasteiger partial charge in [0.25, 0.3) is 0 Å². The van der Waals surface area contributed by atoms with Crippen LogP contribution in [0.3, 0.4) is 0 Å². The van der Waals surface area contributed by atoms with Crippen LogP contribution in [0.15, 0.2) is 16.8 Å². The number of anilines is 1. The molecule has 0 atom stereocenters. The van der Waals surface area contributed by atoms with E-state index in [2.05, 4.69) is 20.4 Å². The summed E-state index contributed by atoms with van der Waals surface area (Å²) in [5.74, 6) is 1.91. The molecule has 3 N–H and O–H groups in total. The Morgan fingerprint density at radius 2 is 2.26 bits per heavy atom.